The van der Waals surface area contributed by atoms with Gasteiger partial charge in [-0.15, -0.1) is 5.10 Å². The van der Waals surface area contributed by atoms with Crippen molar-refractivity contribution in [2.75, 3.05) is 32.1 Å². The fourth-order valence-corrected chi connectivity index (χ4v) is 1.20. The molecular formula is C10H18N4. The minimum absolute atomic E-state index is 0.937. The molecule has 0 saturated heterocycles. The van der Waals surface area contributed by atoms with Crippen LogP contribution in [0.25, 0.3) is 0 Å². The van der Waals surface area contributed by atoms with Crippen molar-refractivity contribution in [3.63, 3.8) is 0 Å². The van der Waals surface area contributed by atoms with Crippen molar-refractivity contribution >= 4 is 5.82 Å². The average Bonchev–Trinajstić information content (AvgIpc) is 2.19. The normalized spacial score (nSPS) is 10.2. The number of aryl methyl sites for hydroxylation is 1. The van der Waals surface area contributed by atoms with Crippen LogP contribution in [0.4, 0.5) is 5.82 Å². The van der Waals surface area contributed by atoms with Crippen molar-refractivity contribution in [3.8, 4) is 0 Å². The highest BCUT2D eigenvalue weighted by Gasteiger charge is 2.01. The van der Waals surface area contributed by atoms with E-state index < -0.39 is 0 Å². The van der Waals surface area contributed by atoms with Gasteiger partial charge in [-0.3, -0.25) is 0 Å². The maximum Gasteiger partial charge on any atom is 0.150 e. The number of anilines is 1. The van der Waals surface area contributed by atoms with Crippen LogP contribution in [0, 0.1) is 6.92 Å². The van der Waals surface area contributed by atoms with E-state index in [2.05, 4.69) is 20.4 Å². The van der Waals surface area contributed by atoms with Gasteiger partial charge in [-0.25, -0.2) is 0 Å². The van der Waals surface area contributed by atoms with Crippen LogP contribution in [0.15, 0.2) is 12.1 Å². The van der Waals surface area contributed by atoms with Crippen molar-refractivity contribution in [2.24, 2.45) is 0 Å². The van der Waals surface area contributed by atoms with Crippen LogP contribution in [0.5, 0.6) is 0 Å². The summed E-state index contributed by atoms with van der Waals surface area (Å²) in [6, 6.07) is 3.98. The van der Waals surface area contributed by atoms with E-state index in [1.807, 2.05) is 33.2 Å². The molecule has 0 spiro atoms. The Balaban J connectivity index is 2.43. The van der Waals surface area contributed by atoms with Crippen molar-refractivity contribution in [1.82, 2.24) is 15.5 Å². The van der Waals surface area contributed by atoms with Gasteiger partial charge in [-0.2, -0.15) is 5.10 Å². The Morgan fingerprint density at radius 1 is 1.36 bits per heavy atom. The van der Waals surface area contributed by atoms with Crippen LogP contribution >= 0.6 is 0 Å². The van der Waals surface area contributed by atoms with Gasteiger partial charge in [0, 0.05) is 13.6 Å². The second kappa shape index (κ2) is 5.54. The Morgan fingerprint density at radius 2 is 2.14 bits per heavy atom. The molecule has 4 heteroatoms. The molecule has 0 atom stereocenters. The minimum Gasteiger partial charge on any atom is -0.358 e. The van der Waals surface area contributed by atoms with E-state index in [1.165, 1.54) is 0 Å². The molecule has 0 aliphatic carbocycles. The SMILES string of the molecule is CNCCCN(C)c1ccc(C)nn1. The highest BCUT2D eigenvalue weighted by molar-refractivity contribution is 5.35. The van der Waals surface area contributed by atoms with Gasteiger partial charge in [-0.1, -0.05) is 0 Å². The molecule has 0 fully saturated rings. The monoisotopic (exact) mass is 194 g/mol. The number of hydrogen-bond donors (Lipinski definition) is 1. The molecule has 78 valence electrons. The predicted molar refractivity (Wildman–Crippen MR) is 58.6 cm³/mol. The Morgan fingerprint density at radius 3 is 2.71 bits per heavy atom. The second-order valence-corrected chi connectivity index (χ2v) is 3.41. The minimum atomic E-state index is 0.937. The molecule has 0 saturated carbocycles. The summed E-state index contributed by atoms with van der Waals surface area (Å²) >= 11 is 0. The van der Waals surface area contributed by atoms with E-state index in [-0.39, 0.29) is 0 Å². The molecule has 0 aliphatic heterocycles. The van der Waals surface area contributed by atoms with Crippen LogP contribution in [0.1, 0.15) is 12.1 Å². The molecule has 1 N–H and O–H groups in total. The van der Waals surface area contributed by atoms with E-state index in [1.54, 1.807) is 0 Å². The fraction of sp³-hybridized carbons (Fsp3) is 0.600. The molecule has 0 unspecified atom stereocenters. The zero-order chi connectivity index (χ0) is 10.4. The standard InChI is InChI=1S/C10H18N4/c1-9-5-6-10(13-12-9)14(3)8-4-7-11-2/h5-6,11H,4,7-8H2,1-3H3. The molecule has 0 amide bonds. The van der Waals surface area contributed by atoms with Crippen molar-refractivity contribution in [2.45, 2.75) is 13.3 Å². The Kier molecular flexibility index (Phi) is 4.32. The van der Waals surface area contributed by atoms with Gasteiger partial charge >= 0.3 is 0 Å². The lowest BCUT2D eigenvalue weighted by Crippen LogP contribution is -2.23. The van der Waals surface area contributed by atoms with Gasteiger partial charge < -0.3 is 10.2 Å². The zero-order valence-corrected chi connectivity index (χ0v) is 9.12. The van der Waals surface area contributed by atoms with E-state index in [4.69, 9.17) is 0 Å². The van der Waals surface area contributed by atoms with E-state index in [0.717, 1.165) is 31.0 Å². The molecule has 14 heavy (non-hydrogen) atoms. The summed E-state index contributed by atoms with van der Waals surface area (Å²) in [5.74, 6) is 0.937. The summed E-state index contributed by atoms with van der Waals surface area (Å²) in [7, 11) is 4.00. The van der Waals surface area contributed by atoms with Gasteiger partial charge in [0.1, 0.15) is 0 Å². The molecule has 0 bridgehead atoms. The van der Waals surface area contributed by atoms with Crippen molar-refractivity contribution < 1.29 is 0 Å². The average molecular weight is 194 g/mol. The Labute approximate surface area is 85.3 Å². The van der Waals surface area contributed by atoms with Crippen molar-refractivity contribution in [1.29, 1.82) is 0 Å². The lowest BCUT2D eigenvalue weighted by atomic mass is 10.3. The third-order valence-corrected chi connectivity index (χ3v) is 2.10. The number of hydrogen-bond acceptors (Lipinski definition) is 4. The Bertz CT molecular complexity index is 257. The summed E-state index contributed by atoms with van der Waals surface area (Å²) in [5, 5.41) is 11.3. The van der Waals surface area contributed by atoms with E-state index in [9.17, 15) is 0 Å². The van der Waals surface area contributed by atoms with Crippen LogP contribution in [0.2, 0.25) is 0 Å². The first kappa shape index (κ1) is 10.9. The number of nitrogens with one attached hydrogen (secondary N) is 1. The highest BCUT2D eigenvalue weighted by atomic mass is 15.2. The summed E-state index contributed by atoms with van der Waals surface area (Å²) in [6.07, 6.45) is 1.11. The Hall–Kier alpha value is -1.16. The molecule has 1 heterocycles. The van der Waals surface area contributed by atoms with Gasteiger partial charge in [-0.05, 0) is 39.1 Å². The van der Waals surface area contributed by atoms with E-state index >= 15 is 0 Å². The summed E-state index contributed by atoms with van der Waals surface area (Å²) in [4.78, 5) is 2.11. The lowest BCUT2D eigenvalue weighted by molar-refractivity contribution is 0.705. The summed E-state index contributed by atoms with van der Waals surface area (Å²) in [5.41, 5.74) is 0.956. The first-order valence-electron chi connectivity index (χ1n) is 4.90. The van der Waals surface area contributed by atoms with Crippen LogP contribution in [0.3, 0.4) is 0 Å². The molecule has 1 rings (SSSR count). The maximum atomic E-state index is 4.11. The molecular weight excluding hydrogens is 176 g/mol. The third kappa shape index (κ3) is 3.30. The maximum absolute atomic E-state index is 4.11. The zero-order valence-electron chi connectivity index (χ0n) is 9.12. The predicted octanol–water partition coefficient (Wildman–Crippen LogP) is 0.831. The molecule has 1 aromatic heterocycles. The quantitative estimate of drug-likeness (QED) is 0.705. The van der Waals surface area contributed by atoms with E-state index in [0.29, 0.717) is 0 Å². The van der Waals surface area contributed by atoms with Crippen LogP contribution in [-0.2, 0) is 0 Å². The molecule has 4 nitrogen and oxygen atoms in total. The largest absolute Gasteiger partial charge is 0.358 e. The first-order chi connectivity index (χ1) is 6.74. The molecule has 1 aromatic rings. The second-order valence-electron chi connectivity index (χ2n) is 3.41. The lowest BCUT2D eigenvalue weighted by Gasteiger charge is -2.16. The summed E-state index contributed by atoms with van der Waals surface area (Å²) in [6.45, 7) is 3.97. The third-order valence-electron chi connectivity index (χ3n) is 2.10. The number of rotatable bonds is 5. The topological polar surface area (TPSA) is 41.0 Å². The first-order valence-corrected chi connectivity index (χ1v) is 4.90. The van der Waals surface area contributed by atoms with Gasteiger partial charge in [0.25, 0.3) is 0 Å². The van der Waals surface area contributed by atoms with Crippen molar-refractivity contribution in [3.05, 3.63) is 17.8 Å². The van der Waals surface area contributed by atoms with Gasteiger partial charge in [0.05, 0.1) is 5.69 Å². The van der Waals surface area contributed by atoms with Gasteiger partial charge in [0.15, 0.2) is 5.82 Å². The fourth-order valence-electron chi connectivity index (χ4n) is 1.20. The van der Waals surface area contributed by atoms with Crippen LogP contribution in [-0.4, -0.2) is 37.4 Å². The smallest absolute Gasteiger partial charge is 0.150 e. The molecule has 0 aromatic carbocycles. The highest BCUT2D eigenvalue weighted by Crippen LogP contribution is 2.06. The number of aromatic nitrogens is 2. The molecule has 0 radical (unpaired) electrons. The van der Waals surface area contributed by atoms with Gasteiger partial charge in [0.2, 0.25) is 0 Å². The molecule has 0 aliphatic rings. The number of nitrogens with zero attached hydrogens (tertiary/aromatic N) is 3. The summed E-state index contributed by atoms with van der Waals surface area (Å²) < 4.78 is 0. The van der Waals surface area contributed by atoms with Crippen LogP contribution < -0.4 is 10.2 Å².